The monoisotopic (exact) mass is 206 g/mol. The fraction of sp³-hybridized carbons (Fsp3) is 0.250. The molecule has 1 aromatic rings. The largest absolute Gasteiger partial charge is 0.299 e. The summed E-state index contributed by atoms with van der Waals surface area (Å²) >= 11 is 1.63. The van der Waals surface area contributed by atoms with E-state index in [1.54, 1.807) is 18.7 Å². The Hall–Kier alpha value is -1.02. The molecule has 2 heteroatoms. The van der Waals surface area contributed by atoms with Crippen LogP contribution in [-0.4, -0.2) is 5.78 Å². The fourth-order valence-corrected chi connectivity index (χ4v) is 1.66. The first-order chi connectivity index (χ1) is 6.70. The first-order valence-electron chi connectivity index (χ1n) is 4.59. The van der Waals surface area contributed by atoms with E-state index in [2.05, 4.69) is 0 Å². The zero-order valence-electron chi connectivity index (χ0n) is 8.44. The molecule has 74 valence electrons. The minimum absolute atomic E-state index is 0.0196. The highest BCUT2D eigenvalue weighted by Crippen LogP contribution is 2.18. The van der Waals surface area contributed by atoms with Gasteiger partial charge in [0.1, 0.15) is 5.78 Å². The molecule has 1 unspecified atom stereocenters. The van der Waals surface area contributed by atoms with Crippen LogP contribution in [0.2, 0.25) is 0 Å². The number of Topliss-reactive ketones (excluding diaryl/α,β-unsaturated/α-hetero) is 1. The van der Waals surface area contributed by atoms with E-state index in [9.17, 15) is 4.79 Å². The third-order valence-electron chi connectivity index (χ3n) is 1.96. The average molecular weight is 206 g/mol. The summed E-state index contributed by atoms with van der Waals surface area (Å²) in [7, 11) is 0. The van der Waals surface area contributed by atoms with Crippen molar-refractivity contribution in [3.05, 3.63) is 41.8 Å². The highest BCUT2D eigenvalue weighted by atomic mass is 32.2. The molecule has 14 heavy (non-hydrogen) atoms. The summed E-state index contributed by atoms with van der Waals surface area (Å²) in [6.07, 6.45) is 1.93. The van der Waals surface area contributed by atoms with Crippen LogP contribution < -0.4 is 0 Å². The normalized spacial score (nSPS) is 13.0. The maximum atomic E-state index is 10.9. The van der Waals surface area contributed by atoms with Crippen molar-refractivity contribution in [2.24, 2.45) is 5.92 Å². The highest BCUT2D eigenvalue weighted by Gasteiger charge is 2.00. The zero-order chi connectivity index (χ0) is 10.4. The molecular formula is C12H14OS. The van der Waals surface area contributed by atoms with Gasteiger partial charge in [0, 0.05) is 10.8 Å². The molecule has 0 amide bonds. The fourth-order valence-electron chi connectivity index (χ4n) is 0.870. The molecule has 0 bridgehead atoms. The van der Waals surface area contributed by atoms with Gasteiger partial charge in [0.15, 0.2) is 0 Å². The maximum absolute atomic E-state index is 10.9. The molecule has 1 atom stereocenters. The van der Waals surface area contributed by atoms with Crippen LogP contribution >= 0.6 is 11.8 Å². The third kappa shape index (κ3) is 3.79. The first-order valence-corrected chi connectivity index (χ1v) is 5.47. The molecule has 0 fully saturated rings. The van der Waals surface area contributed by atoms with Gasteiger partial charge in [-0.1, -0.05) is 43.0 Å². The number of allylic oxidation sites excluding steroid dienone is 1. The molecule has 0 aliphatic rings. The van der Waals surface area contributed by atoms with Crippen molar-refractivity contribution >= 4 is 17.5 Å². The third-order valence-corrected chi connectivity index (χ3v) is 2.79. The molecule has 0 aliphatic carbocycles. The van der Waals surface area contributed by atoms with Gasteiger partial charge < -0.3 is 0 Å². The molecule has 1 aromatic carbocycles. The van der Waals surface area contributed by atoms with Gasteiger partial charge in [0.25, 0.3) is 0 Å². The lowest BCUT2D eigenvalue weighted by Crippen LogP contribution is -2.01. The number of hydrogen-bond donors (Lipinski definition) is 0. The number of hydrogen-bond acceptors (Lipinski definition) is 2. The Morgan fingerprint density at radius 2 is 2.00 bits per heavy atom. The Bertz CT molecular complexity index is 316. The quantitative estimate of drug-likeness (QED) is 0.701. The summed E-state index contributed by atoms with van der Waals surface area (Å²) in [5.74, 6) is 0.223. The van der Waals surface area contributed by atoms with Crippen molar-refractivity contribution < 1.29 is 4.79 Å². The van der Waals surface area contributed by atoms with Crippen LogP contribution in [0.4, 0.5) is 0 Å². The second kappa shape index (κ2) is 5.66. The van der Waals surface area contributed by atoms with Crippen LogP contribution in [0.15, 0.2) is 46.7 Å². The minimum Gasteiger partial charge on any atom is -0.299 e. The van der Waals surface area contributed by atoms with E-state index in [-0.39, 0.29) is 11.7 Å². The lowest BCUT2D eigenvalue weighted by Gasteiger charge is -1.98. The predicted molar refractivity (Wildman–Crippen MR) is 61.3 cm³/mol. The smallest absolute Gasteiger partial charge is 0.136 e. The van der Waals surface area contributed by atoms with Crippen LogP contribution in [-0.2, 0) is 4.79 Å². The molecule has 0 aliphatic heterocycles. The molecule has 0 radical (unpaired) electrons. The first kappa shape index (κ1) is 11.1. The average Bonchev–Trinajstić information content (AvgIpc) is 2.19. The highest BCUT2D eigenvalue weighted by molar-refractivity contribution is 8.02. The van der Waals surface area contributed by atoms with Crippen molar-refractivity contribution in [3.8, 4) is 0 Å². The molecule has 1 rings (SSSR count). The van der Waals surface area contributed by atoms with E-state index in [1.165, 1.54) is 4.90 Å². The van der Waals surface area contributed by atoms with Gasteiger partial charge in [-0.05, 0) is 24.5 Å². The van der Waals surface area contributed by atoms with E-state index < -0.39 is 0 Å². The van der Waals surface area contributed by atoms with Crippen LogP contribution in [0.3, 0.4) is 0 Å². The number of ketones is 1. The van der Waals surface area contributed by atoms with Crippen molar-refractivity contribution in [2.45, 2.75) is 18.7 Å². The molecular weight excluding hydrogens is 192 g/mol. The van der Waals surface area contributed by atoms with Crippen LogP contribution in [0, 0.1) is 5.92 Å². The number of thioether (sulfide) groups is 1. The van der Waals surface area contributed by atoms with Gasteiger partial charge in [-0.25, -0.2) is 0 Å². The lowest BCUT2D eigenvalue weighted by atomic mass is 10.1. The van der Waals surface area contributed by atoms with Crippen LogP contribution in [0.1, 0.15) is 13.8 Å². The van der Waals surface area contributed by atoms with Crippen molar-refractivity contribution in [1.82, 2.24) is 0 Å². The summed E-state index contributed by atoms with van der Waals surface area (Å²) < 4.78 is 0. The topological polar surface area (TPSA) is 17.1 Å². The second-order valence-electron chi connectivity index (χ2n) is 3.16. The van der Waals surface area contributed by atoms with E-state index in [0.29, 0.717) is 0 Å². The summed E-state index contributed by atoms with van der Waals surface area (Å²) in [5.41, 5.74) is 0. The Kier molecular flexibility index (Phi) is 4.47. The predicted octanol–water partition coefficient (Wildman–Crippen LogP) is 3.52. The molecule has 0 aromatic heterocycles. The summed E-state index contributed by atoms with van der Waals surface area (Å²) in [6, 6.07) is 10.1. The maximum Gasteiger partial charge on any atom is 0.136 e. The van der Waals surface area contributed by atoms with E-state index >= 15 is 0 Å². The van der Waals surface area contributed by atoms with E-state index in [0.717, 1.165) is 0 Å². The summed E-state index contributed by atoms with van der Waals surface area (Å²) in [4.78, 5) is 12.1. The summed E-state index contributed by atoms with van der Waals surface area (Å²) in [6.45, 7) is 3.52. The van der Waals surface area contributed by atoms with Gasteiger partial charge in [-0.15, -0.1) is 0 Å². The van der Waals surface area contributed by atoms with Crippen molar-refractivity contribution in [2.75, 3.05) is 0 Å². The Morgan fingerprint density at radius 1 is 1.36 bits per heavy atom. The van der Waals surface area contributed by atoms with E-state index in [4.69, 9.17) is 0 Å². The molecule has 0 heterocycles. The van der Waals surface area contributed by atoms with Gasteiger partial charge in [0.2, 0.25) is 0 Å². The number of carbonyl (C=O) groups excluding carboxylic acids is 1. The van der Waals surface area contributed by atoms with Crippen LogP contribution in [0.25, 0.3) is 0 Å². The lowest BCUT2D eigenvalue weighted by molar-refractivity contribution is -0.118. The standard InChI is InChI=1S/C12H14OS/c1-10(11(2)13)8-9-14-12-6-4-3-5-7-12/h3-10H,1-2H3. The van der Waals surface area contributed by atoms with E-state index in [1.807, 2.05) is 48.7 Å². The SMILES string of the molecule is CC(=O)C(C)C=CSc1ccccc1. The molecule has 1 nitrogen and oxygen atoms in total. The Morgan fingerprint density at radius 3 is 2.57 bits per heavy atom. The number of carbonyl (C=O) groups is 1. The molecule has 0 saturated heterocycles. The Balaban J connectivity index is 2.45. The van der Waals surface area contributed by atoms with Gasteiger partial charge >= 0.3 is 0 Å². The van der Waals surface area contributed by atoms with Crippen LogP contribution in [0.5, 0.6) is 0 Å². The van der Waals surface area contributed by atoms with Gasteiger partial charge in [-0.3, -0.25) is 4.79 Å². The zero-order valence-corrected chi connectivity index (χ0v) is 9.25. The van der Waals surface area contributed by atoms with Crippen molar-refractivity contribution in [3.63, 3.8) is 0 Å². The number of rotatable bonds is 4. The molecule has 0 saturated carbocycles. The van der Waals surface area contributed by atoms with Crippen molar-refractivity contribution in [1.29, 1.82) is 0 Å². The minimum atomic E-state index is 0.0196. The summed E-state index contributed by atoms with van der Waals surface area (Å²) in [5, 5.41) is 1.97. The molecule has 0 spiro atoms. The van der Waals surface area contributed by atoms with Gasteiger partial charge in [-0.2, -0.15) is 0 Å². The van der Waals surface area contributed by atoms with Gasteiger partial charge in [0.05, 0.1) is 0 Å². The molecule has 0 N–H and O–H groups in total. The second-order valence-corrected chi connectivity index (χ2v) is 4.14. The Labute approximate surface area is 89.2 Å². The number of benzene rings is 1.